The van der Waals surface area contributed by atoms with Crippen molar-refractivity contribution in [3.63, 3.8) is 0 Å². The van der Waals surface area contributed by atoms with E-state index in [9.17, 15) is 0 Å². The number of benzene rings is 3. The van der Waals surface area contributed by atoms with Crippen LogP contribution in [0.15, 0.2) is 71.8 Å². The Labute approximate surface area is 142 Å². The van der Waals surface area contributed by atoms with Crippen LogP contribution in [0.5, 0.6) is 0 Å². The second-order valence-electron chi connectivity index (χ2n) is 6.97. The molecule has 1 aliphatic carbocycles. The topological polar surface area (TPSA) is 36.2 Å². The molecular weight excluding hydrogens is 292 g/mol. The van der Waals surface area contributed by atoms with Gasteiger partial charge < -0.3 is 0 Å². The van der Waals surface area contributed by atoms with E-state index in [-0.39, 0.29) is 5.41 Å². The Bertz CT molecular complexity index is 938. The van der Waals surface area contributed by atoms with Crippen molar-refractivity contribution in [3.8, 4) is 11.1 Å². The van der Waals surface area contributed by atoms with E-state index >= 15 is 0 Å². The van der Waals surface area contributed by atoms with E-state index in [0.717, 1.165) is 17.7 Å². The minimum Gasteiger partial charge on any atom is -0.204 e. The summed E-state index contributed by atoms with van der Waals surface area (Å²) in [6.45, 7) is 4.60. The molecule has 0 heterocycles. The molecule has 2 heteroatoms. The third-order valence-electron chi connectivity index (χ3n) is 5.15. The summed E-state index contributed by atoms with van der Waals surface area (Å²) in [7, 11) is 0. The maximum Gasteiger partial charge on any atom is 0.0885 e. The van der Waals surface area contributed by atoms with Crippen LogP contribution in [0.25, 0.3) is 11.1 Å². The molecular formula is C22H20N2. The summed E-state index contributed by atoms with van der Waals surface area (Å²) < 4.78 is 0. The average molecular weight is 312 g/mol. The second-order valence-corrected chi connectivity index (χ2v) is 6.97. The van der Waals surface area contributed by atoms with Crippen LogP contribution in [0.4, 0.5) is 5.69 Å². The van der Waals surface area contributed by atoms with Crippen LogP contribution in [0.1, 0.15) is 36.1 Å². The molecule has 0 fully saturated rings. The first-order chi connectivity index (χ1) is 11.6. The molecule has 3 aromatic rings. The molecule has 0 unspecified atom stereocenters. The lowest BCUT2D eigenvalue weighted by Crippen LogP contribution is -2.15. The predicted molar refractivity (Wildman–Crippen MR) is 98.1 cm³/mol. The van der Waals surface area contributed by atoms with Gasteiger partial charge in [0.2, 0.25) is 0 Å². The first-order valence-electron chi connectivity index (χ1n) is 8.30. The molecule has 4 rings (SSSR count). The highest BCUT2D eigenvalue weighted by Gasteiger charge is 2.34. The first kappa shape index (κ1) is 14.8. The van der Waals surface area contributed by atoms with Gasteiger partial charge in [0, 0.05) is 5.41 Å². The summed E-state index contributed by atoms with van der Waals surface area (Å²) >= 11 is 0. The molecule has 0 bridgehead atoms. The van der Waals surface area contributed by atoms with Gasteiger partial charge in [-0.05, 0) is 45.9 Å². The first-order valence-corrected chi connectivity index (χ1v) is 8.30. The summed E-state index contributed by atoms with van der Waals surface area (Å²) in [5.41, 5.74) is 16.0. The van der Waals surface area contributed by atoms with Crippen LogP contribution < -0.4 is 0 Å². The van der Waals surface area contributed by atoms with Crippen LogP contribution in [0.2, 0.25) is 0 Å². The molecule has 0 saturated heterocycles. The van der Waals surface area contributed by atoms with Crippen molar-refractivity contribution in [2.75, 3.05) is 0 Å². The van der Waals surface area contributed by atoms with E-state index in [4.69, 9.17) is 5.53 Å². The minimum atomic E-state index is 0.0290. The van der Waals surface area contributed by atoms with Crippen molar-refractivity contribution < 1.29 is 0 Å². The number of nitrogens with one attached hydrogen (secondary N) is 1. The lowest BCUT2D eigenvalue weighted by atomic mass is 9.81. The lowest BCUT2D eigenvalue weighted by molar-refractivity contribution is 0.659. The number of fused-ring (bicyclic) bond motifs is 3. The van der Waals surface area contributed by atoms with Gasteiger partial charge in [-0.25, -0.2) is 5.53 Å². The van der Waals surface area contributed by atoms with Gasteiger partial charge in [-0.3, -0.25) is 0 Å². The van der Waals surface area contributed by atoms with Crippen LogP contribution in [-0.2, 0) is 11.8 Å². The molecule has 0 aliphatic heterocycles. The van der Waals surface area contributed by atoms with E-state index in [2.05, 4.69) is 67.5 Å². The summed E-state index contributed by atoms with van der Waals surface area (Å²) in [5.74, 6) is 0. The lowest BCUT2D eigenvalue weighted by Gasteiger charge is -2.22. The molecule has 2 nitrogen and oxygen atoms in total. The fourth-order valence-electron chi connectivity index (χ4n) is 3.85. The van der Waals surface area contributed by atoms with Crippen molar-refractivity contribution >= 4 is 5.69 Å². The molecule has 0 aromatic heterocycles. The van der Waals surface area contributed by atoms with E-state index in [1.807, 2.05) is 18.2 Å². The molecule has 0 radical (unpaired) electrons. The van der Waals surface area contributed by atoms with Crippen LogP contribution in [0, 0.1) is 5.53 Å². The molecule has 0 spiro atoms. The molecule has 1 N–H and O–H groups in total. The normalized spacial score (nSPS) is 14.1. The second kappa shape index (κ2) is 5.41. The Morgan fingerprint density at radius 2 is 1.54 bits per heavy atom. The van der Waals surface area contributed by atoms with E-state index in [1.54, 1.807) is 0 Å². The van der Waals surface area contributed by atoms with Crippen LogP contribution in [0.3, 0.4) is 0 Å². The molecule has 1 aliphatic rings. The summed E-state index contributed by atoms with van der Waals surface area (Å²) in [6, 6.07) is 23.4. The zero-order valence-electron chi connectivity index (χ0n) is 14.0. The third-order valence-corrected chi connectivity index (χ3v) is 5.15. The molecule has 0 amide bonds. The highest BCUT2D eigenvalue weighted by molar-refractivity contribution is 5.80. The van der Waals surface area contributed by atoms with Gasteiger partial charge in [-0.2, -0.15) is 5.11 Å². The molecule has 24 heavy (non-hydrogen) atoms. The summed E-state index contributed by atoms with van der Waals surface area (Å²) in [5, 5.41) is 3.65. The third kappa shape index (κ3) is 2.18. The van der Waals surface area contributed by atoms with Crippen LogP contribution >= 0.6 is 0 Å². The fraction of sp³-hybridized carbons (Fsp3) is 0.182. The highest BCUT2D eigenvalue weighted by Crippen LogP contribution is 2.48. The Morgan fingerprint density at radius 1 is 0.833 bits per heavy atom. The van der Waals surface area contributed by atoms with Gasteiger partial charge in [0.25, 0.3) is 0 Å². The van der Waals surface area contributed by atoms with Gasteiger partial charge in [-0.1, -0.05) is 74.5 Å². The van der Waals surface area contributed by atoms with Gasteiger partial charge >= 0.3 is 0 Å². The van der Waals surface area contributed by atoms with Crippen molar-refractivity contribution in [2.45, 2.75) is 25.7 Å². The zero-order chi connectivity index (χ0) is 16.7. The number of hydrogen-bond acceptors (Lipinski definition) is 2. The van der Waals surface area contributed by atoms with Gasteiger partial charge in [0.05, 0.1) is 5.69 Å². The van der Waals surface area contributed by atoms with E-state index in [0.29, 0.717) is 0 Å². The zero-order valence-corrected chi connectivity index (χ0v) is 14.0. The van der Waals surface area contributed by atoms with Crippen molar-refractivity contribution in [1.82, 2.24) is 0 Å². The summed E-state index contributed by atoms with van der Waals surface area (Å²) in [6.07, 6.45) is 0.804. The smallest absolute Gasteiger partial charge is 0.0885 e. The molecule has 3 aromatic carbocycles. The largest absolute Gasteiger partial charge is 0.204 e. The quantitative estimate of drug-likeness (QED) is 0.555. The number of rotatable bonds is 3. The molecule has 0 saturated carbocycles. The monoisotopic (exact) mass is 312 g/mol. The standard InChI is InChI=1S/C22H20N2/c1-22(2)19-9-5-4-8-17(19)18-12-11-15(14-20(18)22)13-16-7-3-6-10-21(16)24-23/h3-12,14,23H,13H2,1-2H3. The van der Waals surface area contributed by atoms with E-state index < -0.39 is 0 Å². The fourth-order valence-corrected chi connectivity index (χ4v) is 3.85. The highest BCUT2D eigenvalue weighted by atomic mass is 15.0. The summed E-state index contributed by atoms with van der Waals surface area (Å²) in [4.78, 5) is 0. The van der Waals surface area contributed by atoms with Crippen LogP contribution in [-0.4, -0.2) is 0 Å². The average Bonchev–Trinajstić information content (AvgIpc) is 2.84. The molecule has 0 atom stereocenters. The van der Waals surface area contributed by atoms with Gasteiger partial charge in [0.1, 0.15) is 0 Å². The maximum atomic E-state index is 7.35. The Hall–Kier alpha value is -2.74. The van der Waals surface area contributed by atoms with Gasteiger partial charge in [0.15, 0.2) is 0 Å². The van der Waals surface area contributed by atoms with E-state index in [1.165, 1.54) is 27.8 Å². The van der Waals surface area contributed by atoms with Crippen molar-refractivity contribution in [2.24, 2.45) is 5.11 Å². The molecule has 118 valence electrons. The van der Waals surface area contributed by atoms with Gasteiger partial charge in [-0.15, -0.1) is 0 Å². The SMILES string of the molecule is CC1(C)c2ccccc2-c2ccc(Cc3ccccc3N=N)cc21. The Balaban J connectivity index is 1.78. The number of para-hydroxylation sites is 1. The maximum absolute atomic E-state index is 7.35. The number of nitrogens with zero attached hydrogens (tertiary/aromatic N) is 1. The Morgan fingerprint density at radius 3 is 2.38 bits per heavy atom. The van der Waals surface area contributed by atoms with Crippen molar-refractivity contribution in [3.05, 3.63) is 89.0 Å². The Kier molecular flexibility index (Phi) is 3.34. The number of hydrogen-bond donors (Lipinski definition) is 1. The minimum absolute atomic E-state index is 0.0290. The predicted octanol–water partition coefficient (Wildman–Crippen LogP) is 6.25. The van der Waals surface area contributed by atoms with Crippen molar-refractivity contribution in [1.29, 1.82) is 5.53 Å².